The van der Waals surface area contributed by atoms with Crippen LogP contribution in [0.2, 0.25) is 0 Å². The number of guanidine groups is 1. The van der Waals surface area contributed by atoms with Gasteiger partial charge in [0.2, 0.25) is 0 Å². The Morgan fingerprint density at radius 2 is 2.24 bits per heavy atom. The molecule has 0 saturated carbocycles. The Morgan fingerprint density at radius 3 is 2.90 bits per heavy atom. The second-order valence-corrected chi connectivity index (χ2v) is 4.99. The van der Waals surface area contributed by atoms with E-state index in [0.717, 1.165) is 30.9 Å². The number of hydrogen-bond donors (Lipinski definition) is 2. The van der Waals surface area contributed by atoms with E-state index < -0.39 is 0 Å². The summed E-state index contributed by atoms with van der Waals surface area (Å²) < 4.78 is 18.2. The van der Waals surface area contributed by atoms with E-state index in [0.29, 0.717) is 13.2 Å². The van der Waals surface area contributed by atoms with Gasteiger partial charge in [0.15, 0.2) is 5.96 Å². The van der Waals surface area contributed by atoms with E-state index in [1.807, 2.05) is 19.9 Å². The zero-order valence-electron chi connectivity index (χ0n) is 13.2. The molecule has 5 heteroatoms. The number of aliphatic imine (C=N–C) groups is 1. The predicted octanol–water partition coefficient (Wildman–Crippen LogP) is 2.35. The summed E-state index contributed by atoms with van der Waals surface area (Å²) in [4.78, 5) is 4.52. The van der Waals surface area contributed by atoms with Crippen LogP contribution in [0.3, 0.4) is 0 Å². The van der Waals surface area contributed by atoms with E-state index in [9.17, 15) is 4.39 Å². The third-order valence-corrected chi connectivity index (χ3v) is 2.93. The lowest BCUT2D eigenvalue weighted by molar-refractivity contribution is 0.179. The van der Waals surface area contributed by atoms with Crippen molar-refractivity contribution in [2.24, 2.45) is 4.99 Å². The van der Waals surface area contributed by atoms with Crippen LogP contribution in [0.4, 0.5) is 4.39 Å². The summed E-state index contributed by atoms with van der Waals surface area (Å²) in [6.07, 6.45) is 1.72. The molecule has 0 aromatic heterocycles. The van der Waals surface area contributed by atoms with Gasteiger partial charge in [-0.1, -0.05) is 12.1 Å². The number of methoxy groups -OCH3 is 1. The zero-order chi connectivity index (χ0) is 15.5. The molecule has 0 amide bonds. The van der Waals surface area contributed by atoms with E-state index in [4.69, 9.17) is 4.74 Å². The second kappa shape index (κ2) is 10.2. The molecule has 1 unspecified atom stereocenters. The molecule has 118 valence electrons. The van der Waals surface area contributed by atoms with Gasteiger partial charge in [0.1, 0.15) is 5.82 Å². The van der Waals surface area contributed by atoms with Gasteiger partial charge in [-0.25, -0.2) is 4.39 Å². The number of nitrogens with zero attached hydrogens (tertiary/aromatic N) is 1. The molecule has 0 fully saturated rings. The van der Waals surface area contributed by atoms with Crippen molar-refractivity contribution in [3.05, 3.63) is 35.6 Å². The minimum atomic E-state index is -0.181. The normalized spacial score (nSPS) is 13.0. The van der Waals surface area contributed by atoms with E-state index in [-0.39, 0.29) is 11.9 Å². The van der Waals surface area contributed by atoms with Gasteiger partial charge in [0.25, 0.3) is 0 Å². The van der Waals surface area contributed by atoms with Crippen LogP contribution in [0.25, 0.3) is 0 Å². The molecule has 0 aliphatic carbocycles. The molecule has 0 saturated heterocycles. The highest BCUT2D eigenvalue weighted by atomic mass is 19.1. The van der Waals surface area contributed by atoms with Gasteiger partial charge in [-0.15, -0.1) is 0 Å². The summed E-state index contributed by atoms with van der Waals surface area (Å²) in [7, 11) is 1.68. The van der Waals surface area contributed by atoms with E-state index in [2.05, 4.69) is 15.6 Å². The van der Waals surface area contributed by atoms with Crippen LogP contribution in [0.15, 0.2) is 29.3 Å². The fourth-order valence-corrected chi connectivity index (χ4v) is 2.01. The fourth-order valence-electron chi connectivity index (χ4n) is 2.01. The molecule has 0 bridgehead atoms. The number of nitrogens with one attached hydrogen (secondary N) is 2. The zero-order valence-corrected chi connectivity index (χ0v) is 13.2. The molecule has 0 heterocycles. The number of benzene rings is 1. The van der Waals surface area contributed by atoms with Crippen molar-refractivity contribution in [3.8, 4) is 0 Å². The highest BCUT2D eigenvalue weighted by Gasteiger charge is 2.04. The molecule has 1 aromatic carbocycles. The molecule has 1 rings (SSSR count). The second-order valence-electron chi connectivity index (χ2n) is 4.99. The van der Waals surface area contributed by atoms with Crippen molar-refractivity contribution >= 4 is 5.96 Å². The van der Waals surface area contributed by atoms with Crippen LogP contribution in [0.5, 0.6) is 0 Å². The third-order valence-electron chi connectivity index (χ3n) is 2.93. The highest BCUT2D eigenvalue weighted by molar-refractivity contribution is 5.80. The van der Waals surface area contributed by atoms with Crippen LogP contribution in [-0.4, -0.2) is 38.8 Å². The monoisotopic (exact) mass is 295 g/mol. The first kappa shape index (κ1) is 17.4. The molecule has 21 heavy (non-hydrogen) atoms. The fraction of sp³-hybridized carbons (Fsp3) is 0.562. The van der Waals surface area contributed by atoms with Gasteiger partial charge in [0.05, 0.1) is 6.61 Å². The SMILES string of the molecule is CCNC(=NCCCc1cccc(F)c1)NC(C)COC. The number of aryl methyl sites for hydroxylation is 1. The van der Waals surface area contributed by atoms with Gasteiger partial charge in [-0.05, 0) is 44.4 Å². The molecule has 0 spiro atoms. The Bertz CT molecular complexity index is 437. The Balaban J connectivity index is 2.39. The van der Waals surface area contributed by atoms with Gasteiger partial charge in [-0.3, -0.25) is 4.99 Å². The minimum absolute atomic E-state index is 0.181. The van der Waals surface area contributed by atoms with Crippen molar-refractivity contribution in [1.82, 2.24) is 10.6 Å². The van der Waals surface area contributed by atoms with Crippen molar-refractivity contribution in [1.29, 1.82) is 0 Å². The molecule has 4 nitrogen and oxygen atoms in total. The number of rotatable bonds is 8. The van der Waals surface area contributed by atoms with Gasteiger partial charge in [0, 0.05) is 26.2 Å². The Hall–Kier alpha value is -1.62. The van der Waals surface area contributed by atoms with E-state index in [1.54, 1.807) is 19.2 Å². The van der Waals surface area contributed by atoms with Crippen molar-refractivity contribution in [2.45, 2.75) is 32.7 Å². The van der Waals surface area contributed by atoms with Gasteiger partial charge >= 0.3 is 0 Å². The lowest BCUT2D eigenvalue weighted by Crippen LogP contribution is -2.44. The van der Waals surface area contributed by atoms with Crippen LogP contribution >= 0.6 is 0 Å². The molecular weight excluding hydrogens is 269 g/mol. The summed E-state index contributed by atoms with van der Waals surface area (Å²) >= 11 is 0. The smallest absolute Gasteiger partial charge is 0.191 e. The van der Waals surface area contributed by atoms with Crippen LogP contribution in [0, 0.1) is 5.82 Å². The van der Waals surface area contributed by atoms with Crippen molar-refractivity contribution in [2.75, 3.05) is 26.8 Å². The molecule has 0 aliphatic rings. The van der Waals surface area contributed by atoms with Crippen LogP contribution < -0.4 is 10.6 Å². The number of halogens is 1. The lowest BCUT2D eigenvalue weighted by Gasteiger charge is -2.16. The summed E-state index contributed by atoms with van der Waals surface area (Å²) in [5, 5.41) is 6.48. The topological polar surface area (TPSA) is 45.7 Å². The number of ether oxygens (including phenoxy) is 1. The molecule has 2 N–H and O–H groups in total. The maximum absolute atomic E-state index is 13.1. The van der Waals surface area contributed by atoms with Crippen LogP contribution in [0.1, 0.15) is 25.8 Å². The van der Waals surface area contributed by atoms with Gasteiger partial charge < -0.3 is 15.4 Å². The van der Waals surface area contributed by atoms with Crippen LogP contribution in [-0.2, 0) is 11.2 Å². The minimum Gasteiger partial charge on any atom is -0.383 e. The molecule has 1 aromatic rings. The first-order valence-corrected chi connectivity index (χ1v) is 7.44. The molecule has 0 radical (unpaired) electrons. The standard InChI is InChI=1S/C16H26FN3O/c1-4-18-16(20-13(2)12-21-3)19-10-6-8-14-7-5-9-15(17)11-14/h5,7,9,11,13H,4,6,8,10,12H2,1-3H3,(H2,18,19,20). The average molecular weight is 295 g/mol. The molecule has 0 aliphatic heterocycles. The van der Waals surface area contributed by atoms with E-state index >= 15 is 0 Å². The highest BCUT2D eigenvalue weighted by Crippen LogP contribution is 2.06. The average Bonchev–Trinajstić information content (AvgIpc) is 2.44. The maximum Gasteiger partial charge on any atom is 0.191 e. The van der Waals surface area contributed by atoms with Crippen molar-refractivity contribution < 1.29 is 9.13 Å². The molecular formula is C16H26FN3O. The summed E-state index contributed by atoms with van der Waals surface area (Å²) in [6.45, 7) is 6.22. The predicted molar refractivity (Wildman–Crippen MR) is 85.2 cm³/mol. The first-order valence-electron chi connectivity index (χ1n) is 7.44. The lowest BCUT2D eigenvalue weighted by atomic mass is 10.1. The summed E-state index contributed by atoms with van der Waals surface area (Å²) in [6, 6.07) is 6.93. The quantitative estimate of drug-likeness (QED) is 0.440. The van der Waals surface area contributed by atoms with Crippen molar-refractivity contribution in [3.63, 3.8) is 0 Å². The summed E-state index contributed by atoms with van der Waals surface area (Å²) in [5.41, 5.74) is 1.01. The number of hydrogen-bond acceptors (Lipinski definition) is 2. The Labute approximate surface area is 126 Å². The maximum atomic E-state index is 13.1. The van der Waals surface area contributed by atoms with E-state index in [1.165, 1.54) is 6.07 Å². The largest absolute Gasteiger partial charge is 0.383 e. The molecule has 1 atom stereocenters. The first-order chi connectivity index (χ1) is 10.2. The van der Waals surface area contributed by atoms with Gasteiger partial charge in [-0.2, -0.15) is 0 Å². The Kier molecular flexibility index (Phi) is 8.43. The third kappa shape index (κ3) is 7.66. The Morgan fingerprint density at radius 1 is 1.43 bits per heavy atom. The summed E-state index contributed by atoms with van der Waals surface area (Å²) in [5.74, 6) is 0.612.